The van der Waals surface area contributed by atoms with Crippen LogP contribution in [0, 0.1) is 5.92 Å². The van der Waals surface area contributed by atoms with Crippen molar-refractivity contribution in [3.63, 3.8) is 0 Å². The molecule has 1 aromatic heterocycles. The molecule has 7 rings (SSSR count). The fraction of sp³-hybridized carbons (Fsp3) is 0.595. The number of sulfonamides is 1. The maximum absolute atomic E-state index is 14.5. The van der Waals surface area contributed by atoms with Crippen LogP contribution in [0.5, 0.6) is 11.5 Å². The van der Waals surface area contributed by atoms with Gasteiger partial charge in [-0.15, -0.1) is 0 Å². The highest BCUT2D eigenvalue weighted by molar-refractivity contribution is 7.91. The maximum Gasteiger partial charge on any atom is 0.405 e. The number of pyridine rings is 1. The average Bonchev–Trinajstić information content (AvgIpc) is 4.00. The largest absolute Gasteiger partial charge is 0.497 e. The number of hydrogen-bond acceptors (Lipinski definition) is 9. The van der Waals surface area contributed by atoms with E-state index in [0.29, 0.717) is 56.4 Å². The molecule has 3 fully saturated rings. The predicted octanol–water partition coefficient (Wildman–Crippen LogP) is 3.50. The van der Waals surface area contributed by atoms with Crippen LogP contribution in [-0.4, -0.2) is 88.8 Å². The van der Waals surface area contributed by atoms with Gasteiger partial charge in [-0.2, -0.15) is 0 Å². The van der Waals surface area contributed by atoms with Crippen molar-refractivity contribution >= 4 is 44.7 Å². The lowest BCUT2D eigenvalue weighted by molar-refractivity contribution is -0.141. The van der Waals surface area contributed by atoms with E-state index in [4.69, 9.17) is 14.5 Å². The van der Waals surface area contributed by atoms with E-state index in [1.54, 1.807) is 14.0 Å². The maximum atomic E-state index is 14.5. The lowest BCUT2D eigenvalue weighted by Crippen LogP contribution is -2.58. The molecule has 2 aliphatic carbocycles. The Morgan fingerprint density at radius 2 is 1.94 bits per heavy atom. The second kappa shape index (κ2) is 13.2. The summed E-state index contributed by atoms with van der Waals surface area (Å²) >= 11 is 0. The normalized spacial score (nSPS) is 30.4. The van der Waals surface area contributed by atoms with Crippen molar-refractivity contribution < 1.29 is 42.2 Å². The molecule has 4 N–H and O–H groups in total. The second-order valence-corrected chi connectivity index (χ2v) is 17.5. The van der Waals surface area contributed by atoms with E-state index in [0.717, 1.165) is 35.0 Å². The number of allylic oxidation sites excluding steroid dienone is 1. The Kier molecular flexibility index (Phi) is 9.15. The molecular weight excluding hydrogens is 690 g/mol. The van der Waals surface area contributed by atoms with Gasteiger partial charge >= 0.3 is 6.09 Å². The number of methoxy groups -OCH3 is 1. The number of aryl methyl sites for hydroxylation is 2. The zero-order chi connectivity index (χ0) is 37.1. The first-order valence-corrected chi connectivity index (χ1v) is 19.8. The van der Waals surface area contributed by atoms with Gasteiger partial charge in [-0.25, -0.2) is 18.2 Å². The molecule has 14 nitrogen and oxygen atoms in total. The van der Waals surface area contributed by atoms with Crippen LogP contribution in [0.25, 0.3) is 10.9 Å². The van der Waals surface area contributed by atoms with Crippen LogP contribution in [-0.2, 0) is 37.2 Å². The first-order valence-electron chi connectivity index (χ1n) is 18.3. The number of carbonyl (C=O) groups is 4. The number of aromatic nitrogens is 1. The molecule has 4 heterocycles. The molecule has 1 spiro atoms. The van der Waals surface area contributed by atoms with Crippen molar-refractivity contribution in [1.82, 2.24) is 25.2 Å². The summed E-state index contributed by atoms with van der Waals surface area (Å²) in [6, 6.07) is 3.47. The molecule has 3 aliphatic heterocycles. The molecule has 15 heteroatoms. The van der Waals surface area contributed by atoms with E-state index in [1.807, 2.05) is 37.3 Å². The minimum Gasteiger partial charge on any atom is -0.497 e. The summed E-state index contributed by atoms with van der Waals surface area (Å²) in [4.78, 5) is 60.9. The van der Waals surface area contributed by atoms with Crippen LogP contribution in [0.15, 0.2) is 30.4 Å². The van der Waals surface area contributed by atoms with Gasteiger partial charge in [0.15, 0.2) is 0 Å². The highest BCUT2D eigenvalue weighted by Gasteiger charge is 2.64. The van der Waals surface area contributed by atoms with Crippen molar-refractivity contribution in [2.24, 2.45) is 5.92 Å². The number of carboxylic acid groups (broad SMARTS) is 1. The van der Waals surface area contributed by atoms with Gasteiger partial charge in [0.1, 0.15) is 34.7 Å². The average molecular weight is 738 g/mol. The van der Waals surface area contributed by atoms with Gasteiger partial charge in [0.25, 0.3) is 5.91 Å². The van der Waals surface area contributed by atoms with Gasteiger partial charge in [-0.1, -0.05) is 31.9 Å². The number of carbonyl (C=O) groups excluding carboxylic acids is 3. The van der Waals surface area contributed by atoms with Crippen LogP contribution < -0.4 is 24.8 Å². The highest BCUT2D eigenvalue weighted by Crippen LogP contribution is 2.49. The Hall–Kier alpha value is -4.40. The summed E-state index contributed by atoms with van der Waals surface area (Å²) in [5.41, 5.74) is -0.0185. The number of rotatable bonds is 6. The van der Waals surface area contributed by atoms with Gasteiger partial charge < -0.3 is 30.1 Å². The van der Waals surface area contributed by atoms with Crippen molar-refractivity contribution in [3.05, 3.63) is 41.6 Å². The quantitative estimate of drug-likeness (QED) is 0.319. The molecule has 0 radical (unpaired) electrons. The summed E-state index contributed by atoms with van der Waals surface area (Å²) < 4.78 is 39.9. The Labute approximate surface area is 303 Å². The lowest BCUT2D eigenvalue weighted by Gasteiger charge is -2.37. The third kappa shape index (κ3) is 6.45. The zero-order valence-corrected chi connectivity index (χ0v) is 30.6. The molecule has 0 unspecified atom stereocenters. The van der Waals surface area contributed by atoms with E-state index in [2.05, 4.69) is 15.4 Å². The molecule has 4 amide bonds. The molecule has 1 aromatic carbocycles. The zero-order valence-electron chi connectivity index (χ0n) is 29.8. The van der Waals surface area contributed by atoms with E-state index >= 15 is 0 Å². The molecule has 2 saturated carbocycles. The smallest absolute Gasteiger partial charge is 0.405 e. The topological polar surface area (TPSA) is 193 Å². The molecule has 0 bridgehead atoms. The minimum absolute atomic E-state index is 0.00965. The predicted molar refractivity (Wildman–Crippen MR) is 190 cm³/mol. The molecular formula is C37H47N5O9S. The Bertz CT molecular complexity index is 1960. The first kappa shape index (κ1) is 36.0. The van der Waals surface area contributed by atoms with Crippen LogP contribution in [0.3, 0.4) is 0 Å². The molecule has 52 heavy (non-hydrogen) atoms. The van der Waals surface area contributed by atoms with Crippen molar-refractivity contribution in [1.29, 1.82) is 0 Å². The summed E-state index contributed by atoms with van der Waals surface area (Å²) in [7, 11) is -2.39. The third-order valence-electron chi connectivity index (χ3n) is 11.7. The van der Waals surface area contributed by atoms with Crippen LogP contribution in [0.2, 0.25) is 0 Å². The number of benzene rings is 1. The number of ether oxygens (including phenoxy) is 2. The monoisotopic (exact) mass is 737 g/mol. The van der Waals surface area contributed by atoms with Crippen molar-refractivity contribution in [2.75, 3.05) is 13.7 Å². The highest BCUT2D eigenvalue weighted by atomic mass is 32.2. The standard InChI is InChI=1S/C37H47N5O9S/c1-4-26-30-24(25-18-23(50-3)12-13-27(25)38-26)14-15-36(51-30)20-29-31(43)40-37(33(45)41-52(48,49)35(2)16-17-35)19-22(37)10-8-6-5-7-9-11-28(39-34(46)47)32(44)42(29)21-36/h8,10,12-13,18,22,28-29,39H,4-7,9,11,14-17,19-21H2,1-3H3,(H,40,43)(H,41,45)(H,46,47)/b10-8-/t22-,28+,29+,36-,37-/m1/s1. The summed E-state index contributed by atoms with van der Waals surface area (Å²) in [5, 5.41) is 15.9. The van der Waals surface area contributed by atoms with Crippen LogP contribution in [0.4, 0.5) is 4.79 Å². The number of nitrogens with zero attached hydrogens (tertiary/aromatic N) is 2. The number of nitrogens with one attached hydrogen (secondary N) is 3. The van der Waals surface area contributed by atoms with E-state index < -0.39 is 67.7 Å². The summed E-state index contributed by atoms with van der Waals surface area (Å²) in [6.45, 7) is 3.58. The Morgan fingerprint density at radius 3 is 2.65 bits per heavy atom. The van der Waals surface area contributed by atoms with Crippen molar-refractivity contribution in [3.8, 4) is 11.5 Å². The molecule has 1 saturated heterocycles. The van der Waals surface area contributed by atoms with Crippen LogP contribution in [0.1, 0.15) is 89.3 Å². The Balaban J connectivity index is 1.25. The second-order valence-electron chi connectivity index (χ2n) is 15.3. The number of hydrogen-bond donors (Lipinski definition) is 4. The minimum atomic E-state index is -3.99. The molecule has 2 aromatic rings. The summed E-state index contributed by atoms with van der Waals surface area (Å²) in [6.07, 6.45) is 8.22. The van der Waals surface area contributed by atoms with Gasteiger partial charge in [0.2, 0.25) is 21.8 Å². The van der Waals surface area contributed by atoms with Gasteiger partial charge in [0, 0.05) is 23.3 Å². The third-order valence-corrected chi connectivity index (χ3v) is 13.9. The van der Waals surface area contributed by atoms with Gasteiger partial charge in [-0.3, -0.25) is 19.1 Å². The van der Waals surface area contributed by atoms with Crippen molar-refractivity contribution in [2.45, 2.75) is 119 Å². The number of fused-ring (bicyclic) bond motifs is 5. The Morgan fingerprint density at radius 1 is 1.15 bits per heavy atom. The van der Waals surface area contributed by atoms with E-state index in [9.17, 15) is 32.7 Å². The first-order chi connectivity index (χ1) is 24.7. The van der Waals surface area contributed by atoms with E-state index in [-0.39, 0.29) is 25.8 Å². The molecule has 5 aliphatic rings. The van der Waals surface area contributed by atoms with Crippen LogP contribution >= 0.6 is 0 Å². The fourth-order valence-corrected chi connectivity index (χ4v) is 9.40. The number of amides is 4. The summed E-state index contributed by atoms with van der Waals surface area (Å²) in [5.74, 6) is -1.13. The fourth-order valence-electron chi connectivity index (χ4n) is 8.09. The molecule has 5 atom stereocenters. The van der Waals surface area contributed by atoms with Gasteiger partial charge in [0.05, 0.1) is 29.6 Å². The SMILES string of the molecule is CCc1nc2ccc(OC)cc2c2c1O[C@]1(CC2)C[C@H]2C(=O)N[C@]3(C(=O)NS(=O)(=O)C4(C)CC4)C[C@H]3/C=C\CCCCC[C@H](NC(=O)O)C(=O)N2C1. The van der Waals surface area contributed by atoms with Gasteiger partial charge in [-0.05, 0) is 82.9 Å². The lowest BCUT2D eigenvalue weighted by atomic mass is 9.87. The van der Waals surface area contributed by atoms with E-state index in [1.165, 1.54) is 4.90 Å². The molecule has 280 valence electrons.